The molecular weight excluding hydrogens is 482 g/mol. The monoisotopic (exact) mass is 505 g/mol. The molecule has 3 aromatic rings. The van der Waals surface area contributed by atoms with E-state index in [1.165, 1.54) is 5.56 Å². The molecule has 3 aromatic carbocycles. The molecule has 0 saturated heterocycles. The van der Waals surface area contributed by atoms with E-state index in [2.05, 4.69) is 39.4 Å². The first-order chi connectivity index (χ1) is 14.7. The third kappa shape index (κ3) is 6.06. The van der Waals surface area contributed by atoms with Gasteiger partial charge in [0.25, 0.3) is 0 Å². The molecule has 0 radical (unpaired) electrons. The minimum Gasteiger partial charge on any atom is -0.493 e. The Balaban J connectivity index is 0.00000272. The van der Waals surface area contributed by atoms with Crippen molar-refractivity contribution < 1.29 is 18.9 Å². The second-order valence-electron chi connectivity index (χ2n) is 6.96. The highest BCUT2D eigenvalue weighted by Gasteiger charge is 2.15. The lowest BCUT2D eigenvalue weighted by Crippen LogP contribution is -2.15. The zero-order valence-corrected chi connectivity index (χ0v) is 19.6. The summed E-state index contributed by atoms with van der Waals surface area (Å²) in [5.41, 5.74) is 3.37. The first-order valence-electron chi connectivity index (χ1n) is 9.85. The highest BCUT2D eigenvalue weighted by atomic mass is 79.9. The van der Waals surface area contributed by atoms with Gasteiger partial charge < -0.3 is 24.3 Å². The van der Waals surface area contributed by atoms with Crippen LogP contribution in [0.15, 0.2) is 65.1 Å². The van der Waals surface area contributed by atoms with Crippen LogP contribution < -0.4 is 24.3 Å². The zero-order valence-electron chi connectivity index (χ0n) is 17.2. The number of rotatable bonds is 8. The van der Waals surface area contributed by atoms with E-state index >= 15 is 0 Å². The third-order valence-corrected chi connectivity index (χ3v) is 5.37. The summed E-state index contributed by atoms with van der Waals surface area (Å²) in [6, 6.07) is 20.2. The van der Waals surface area contributed by atoms with Crippen LogP contribution in [-0.4, -0.2) is 20.3 Å². The summed E-state index contributed by atoms with van der Waals surface area (Å²) in [4.78, 5) is 0. The molecule has 0 aromatic heterocycles. The molecule has 1 heterocycles. The quantitative estimate of drug-likeness (QED) is 0.436. The Morgan fingerprint density at radius 3 is 2.39 bits per heavy atom. The lowest BCUT2D eigenvalue weighted by atomic mass is 10.1. The van der Waals surface area contributed by atoms with Gasteiger partial charge in [0.05, 0.1) is 11.6 Å². The van der Waals surface area contributed by atoms with Crippen LogP contribution in [0.25, 0.3) is 0 Å². The molecule has 1 N–H and O–H groups in total. The molecule has 0 amide bonds. The van der Waals surface area contributed by atoms with Crippen LogP contribution in [-0.2, 0) is 19.7 Å². The molecule has 0 atom stereocenters. The Kier molecular flexibility index (Phi) is 8.46. The van der Waals surface area contributed by atoms with Crippen molar-refractivity contribution >= 4 is 28.3 Å². The van der Waals surface area contributed by atoms with Gasteiger partial charge in [-0.2, -0.15) is 0 Å². The first-order valence-corrected chi connectivity index (χ1v) is 10.6. The summed E-state index contributed by atoms with van der Waals surface area (Å²) in [6.07, 6.45) is 0. The fourth-order valence-corrected chi connectivity index (χ4v) is 3.90. The second kappa shape index (κ2) is 11.3. The lowest BCUT2D eigenvalue weighted by Gasteiger charge is -2.19. The highest BCUT2D eigenvalue weighted by molar-refractivity contribution is 9.10. The van der Waals surface area contributed by atoms with Gasteiger partial charge >= 0.3 is 0 Å². The van der Waals surface area contributed by atoms with Crippen LogP contribution >= 0.6 is 28.3 Å². The molecule has 1 aliphatic heterocycles. The Morgan fingerprint density at radius 2 is 1.61 bits per heavy atom. The van der Waals surface area contributed by atoms with E-state index in [0.29, 0.717) is 31.3 Å². The van der Waals surface area contributed by atoms with Gasteiger partial charge in [-0.1, -0.05) is 36.4 Å². The normalized spacial score (nSPS) is 12.1. The van der Waals surface area contributed by atoms with Crippen molar-refractivity contribution in [2.45, 2.75) is 19.7 Å². The standard InChI is InChI=1S/C24H24BrNO4.ClH/c1-27-23-13-19(15-26-14-17-5-3-2-4-6-17)11-20(25)24(23)30-16-18-7-8-21-22(12-18)29-10-9-28-21;/h2-8,11-13,26H,9-10,14-16H2,1H3;1H. The molecule has 164 valence electrons. The maximum Gasteiger partial charge on any atom is 0.175 e. The summed E-state index contributed by atoms with van der Waals surface area (Å²) in [7, 11) is 1.65. The topological polar surface area (TPSA) is 49.0 Å². The van der Waals surface area contributed by atoms with Crippen molar-refractivity contribution in [3.8, 4) is 23.0 Å². The van der Waals surface area contributed by atoms with Crippen LogP contribution in [0.4, 0.5) is 0 Å². The van der Waals surface area contributed by atoms with Crippen molar-refractivity contribution in [2.75, 3.05) is 20.3 Å². The predicted octanol–water partition coefficient (Wildman–Crippen LogP) is 5.52. The van der Waals surface area contributed by atoms with Crippen LogP contribution in [0.5, 0.6) is 23.0 Å². The Bertz CT molecular complexity index is 1000. The average molecular weight is 507 g/mol. The number of halogens is 2. The lowest BCUT2D eigenvalue weighted by molar-refractivity contribution is 0.171. The van der Waals surface area contributed by atoms with Crippen molar-refractivity contribution in [1.82, 2.24) is 5.32 Å². The van der Waals surface area contributed by atoms with E-state index in [1.807, 2.05) is 42.5 Å². The Hall–Kier alpha value is -2.41. The van der Waals surface area contributed by atoms with Gasteiger partial charge in [-0.05, 0) is 56.9 Å². The Morgan fingerprint density at radius 1 is 0.871 bits per heavy atom. The van der Waals surface area contributed by atoms with E-state index in [-0.39, 0.29) is 12.4 Å². The number of hydrogen-bond acceptors (Lipinski definition) is 5. The van der Waals surface area contributed by atoms with Gasteiger partial charge in [0, 0.05) is 13.1 Å². The van der Waals surface area contributed by atoms with Crippen LogP contribution in [0.1, 0.15) is 16.7 Å². The van der Waals surface area contributed by atoms with Crippen molar-refractivity contribution in [1.29, 1.82) is 0 Å². The summed E-state index contributed by atoms with van der Waals surface area (Å²) in [5.74, 6) is 2.90. The minimum absolute atomic E-state index is 0. The van der Waals surface area contributed by atoms with Crippen LogP contribution in [0.3, 0.4) is 0 Å². The van der Waals surface area contributed by atoms with Crippen LogP contribution in [0.2, 0.25) is 0 Å². The summed E-state index contributed by atoms with van der Waals surface area (Å²) in [5, 5.41) is 3.46. The number of methoxy groups -OCH3 is 1. The summed E-state index contributed by atoms with van der Waals surface area (Å²) in [6.45, 7) is 3.09. The molecule has 4 rings (SSSR count). The van der Waals surface area contributed by atoms with Crippen LogP contribution in [0, 0.1) is 0 Å². The molecule has 0 aliphatic carbocycles. The van der Waals surface area contributed by atoms with Crippen molar-refractivity contribution in [3.05, 3.63) is 81.8 Å². The fraction of sp³-hybridized carbons (Fsp3) is 0.250. The maximum absolute atomic E-state index is 6.08. The average Bonchev–Trinajstić information content (AvgIpc) is 2.78. The fourth-order valence-electron chi connectivity index (χ4n) is 3.30. The van der Waals surface area contributed by atoms with Gasteiger partial charge in [0.1, 0.15) is 19.8 Å². The van der Waals surface area contributed by atoms with Gasteiger partial charge in [0.15, 0.2) is 23.0 Å². The number of benzene rings is 3. The van der Waals surface area contributed by atoms with Gasteiger partial charge in [-0.25, -0.2) is 0 Å². The molecular formula is C24H25BrClNO4. The van der Waals surface area contributed by atoms with E-state index in [0.717, 1.165) is 40.2 Å². The molecule has 1 aliphatic rings. The molecule has 0 unspecified atom stereocenters. The summed E-state index contributed by atoms with van der Waals surface area (Å²) >= 11 is 3.63. The number of fused-ring (bicyclic) bond motifs is 1. The highest BCUT2D eigenvalue weighted by Crippen LogP contribution is 2.38. The van der Waals surface area contributed by atoms with Crippen molar-refractivity contribution in [3.63, 3.8) is 0 Å². The van der Waals surface area contributed by atoms with Crippen molar-refractivity contribution in [2.24, 2.45) is 0 Å². The SMILES string of the molecule is COc1cc(CNCc2ccccc2)cc(Br)c1OCc1ccc2c(c1)OCCO2.Cl. The minimum atomic E-state index is 0. The zero-order chi connectivity index (χ0) is 20.8. The number of nitrogens with one attached hydrogen (secondary N) is 1. The Labute approximate surface area is 197 Å². The van der Waals surface area contributed by atoms with E-state index in [9.17, 15) is 0 Å². The molecule has 0 fully saturated rings. The number of hydrogen-bond donors (Lipinski definition) is 1. The molecule has 5 nitrogen and oxygen atoms in total. The molecule has 0 bridgehead atoms. The van der Waals surface area contributed by atoms with E-state index < -0.39 is 0 Å². The first kappa shape index (κ1) is 23.3. The second-order valence-corrected chi connectivity index (χ2v) is 7.82. The van der Waals surface area contributed by atoms with E-state index in [1.54, 1.807) is 7.11 Å². The van der Waals surface area contributed by atoms with E-state index in [4.69, 9.17) is 18.9 Å². The predicted molar refractivity (Wildman–Crippen MR) is 127 cm³/mol. The maximum atomic E-state index is 6.08. The largest absolute Gasteiger partial charge is 0.493 e. The molecule has 31 heavy (non-hydrogen) atoms. The summed E-state index contributed by atoms with van der Waals surface area (Å²) < 4.78 is 23.7. The van der Waals surface area contributed by atoms with Gasteiger partial charge in [-0.3, -0.25) is 0 Å². The molecule has 0 spiro atoms. The third-order valence-electron chi connectivity index (χ3n) is 4.78. The smallest absolute Gasteiger partial charge is 0.175 e. The van der Waals surface area contributed by atoms with Gasteiger partial charge in [-0.15, -0.1) is 12.4 Å². The van der Waals surface area contributed by atoms with Gasteiger partial charge in [0.2, 0.25) is 0 Å². The molecule has 7 heteroatoms. The number of ether oxygens (including phenoxy) is 4. The molecule has 0 saturated carbocycles.